The summed E-state index contributed by atoms with van der Waals surface area (Å²) < 4.78 is 0. The second-order valence-electron chi connectivity index (χ2n) is 3.12. The molecule has 1 aromatic rings. The van der Waals surface area contributed by atoms with Crippen LogP contribution in [-0.2, 0) is 5.28 Å². The molecule has 0 aromatic heterocycles. The van der Waals surface area contributed by atoms with Gasteiger partial charge in [-0.25, -0.2) is 0 Å². The number of unbranched alkanes of at least 4 members (excludes halogenated alkanes) is 1. The van der Waals surface area contributed by atoms with Gasteiger partial charge in [0.15, 0.2) is 0 Å². The second kappa shape index (κ2) is 6.29. The molecule has 12 heavy (non-hydrogen) atoms. The maximum atomic E-state index is 2.27. The average Bonchev–Trinajstić information content (AvgIpc) is 2.14. The Labute approximate surface area is 81.7 Å². The molecule has 62 valence electrons. The monoisotopic (exact) mass is 175 g/mol. The Bertz CT molecular complexity index is 193. The average molecular weight is 175 g/mol. The summed E-state index contributed by atoms with van der Waals surface area (Å²) >= 11 is 0.659. The number of hydrogen-bond donors (Lipinski definition) is 0. The van der Waals surface area contributed by atoms with Crippen LogP contribution in [0, 0.1) is 0 Å². The van der Waals surface area contributed by atoms with Crippen molar-refractivity contribution in [2.45, 2.75) is 30.3 Å². The van der Waals surface area contributed by atoms with E-state index in [0.29, 0.717) is 15.2 Å². The van der Waals surface area contributed by atoms with Gasteiger partial charge in [0.05, 0.1) is 0 Å². The van der Waals surface area contributed by atoms with Crippen LogP contribution in [-0.4, -0.2) is 15.2 Å². The third-order valence-corrected chi connectivity index (χ3v) is 3.56. The Hall–Kier alpha value is -0.248. The number of hydrogen-bond acceptors (Lipinski definition) is 0. The normalized spacial score (nSPS) is 9.42. The van der Waals surface area contributed by atoms with Gasteiger partial charge in [-0.3, -0.25) is 0 Å². The van der Waals surface area contributed by atoms with Crippen LogP contribution in [0.1, 0.15) is 25.3 Å². The fourth-order valence-corrected chi connectivity index (χ4v) is 2.74. The fraction of sp³-hybridized carbons (Fsp3) is 0.455. The third-order valence-electron chi connectivity index (χ3n) is 1.98. The molecule has 0 bridgehead atoms. The summed E-state index contributed by atoms with van der Waals surface area (Å²) in [5.41, 5.74) is 1.52. The van der Waals surface area contributed by atoms with Crippen molar-refractivity contribution in [3.05, 3.63) is 35.9 Å². The molecule has 0 aliphatic heterocycles. The van der Waals surface area contributed by atoms with Crippen molar-refractivity contribution in [1.29, 1.82) is 0 Å². The molecule has 0 fully saturated rings. The predicted molar refractivity (Wildman–Crippen MR) is 55.6 cm³/mol. The van der Waals surface area contributed by atoms with Gasteiger partial charge in [0.2, 0.25) is 0 Å². The molecule has 0 saturated heterocycles. The zero-order valence-electron chi connectivity index (χ0n) is 7.79. The Balaban J connectivity index is 2.16. The van der Waals surface area contributed by atoms with E-state index in [1.54, 1.807) is 0 Å². The van der Waals surface area contributed by atoms with Gasteiger partial charge in [-0.1, -0.05) is 0 Å². The third kappa shape index (κ3) is 3.95. The summed E-state index contributed by atoms with van der Waals surface area (Å²) in [6.07, 6.45) is 2.77. The Morgan fingerprint density at radius 3 is 2.58 bits per heavy atom. The molecule has 1 aromatic carbocycles. The molecule has 0 nitrogen and oxygen atoms in total. The van der Waals surface area contributed by atoms with E-state index in [1.165, 1.54) is 29.0 Å². The van der Waals surface area contributed by atoms with E-state index in [2.05, 4.69) is 37.3 Å². The first-order valence-corrected chi connectivity index (χ1v) is 6.42. The van der Waals surface area contributed by atoms with Crippen molar-refractivity contribution in [2.75, 3.05) is 0 Å². The van der Waals surface area contributed by atoms with Crippen LogP contribution in [0.15, 0.2) is 30.3 Å². The van der Waals surface area contributed by atoms with Gasteiger partial charge in [-0.05, 0) is 0 Å². The van der Waals surface area contributed by atoms with E-state index in [0.717, 1.165) is 0 Å². The van der Waals surface area contributed by atoms with Crippen LogP contribution in [0.25, 0.3) is 0 Å². The van der Waals surface area contributed by atoms with Crippen molar-refractivity contribution in [2.24, 2.45) is 0 Å². The van der Waals surface area contributed by atoms with Gasteiger partial charge in [0.25, 0.3) is 0 Å². The molecule has 1 rings (SSSR count). The van der Waals surface area contributed by atoms with Crippen LogP contribution < -0.4 is 0 Å². The summed E-state index contributed by atoms with van der Waals surface area (Å²) in [5.74, 6) is 0. The number of rotatable bonds is 5. The molecule has 1 heteroatoms. The van der Waals surface area contributed by atoms with E-state index in [9.17, 15) is 0 Å². The summed E-state index contributed by atoms with van der Waals surface area (Å²) in [7, 11) is 0. The Morgan fingerprint density at radius 1 is 1.17 bits per heavy atom. The van der Waals surface area contributed by atoms with Crippen LogP contribution in [0.2, 0.25) is 5.28 Å². The minimum atomic E-state index is 0.659. The van der Waals surface area contributed by atoms with Gasteiger partial charge < -0.3 is 0 Å². The molecule has 0 saturated carbocycles. The summed E-state index contributed by atoms with van der Waals surface area (Å²) in [6.45, 7) is 2.27. The van der Waals surface area contributed by atoms with Crippen molar-refractivity contribution in [3.63, 3.8) is 0 Å². The quantitative estimate of drug-likeness (QED) is 0.476. The zero-order valence-corrected chi connectivity index (χ0v) is 8.95. The standard InChI is InChI=1S/C7H7.C4H9.Al/c1-7-5-3-2-4-6-7;1-3-4-2;/h2-6H,1H2;1,3-4H2,2H3;/q;;+1. The van der Waals surface area contributed by atoms with Crippen LogP contribution in [0.5, 0.6) is 0 Å². The number of benzene rings is 1. The topological polar surface area (TPSA) is 0 Å². The first kappa shape index (κ1) is 9.84. The van der Waals surface area contributed by atoms with Crippen LogP contribution >= 0.6 is 0 Å². The minimum absolute atomic E-state index is 0.659. The van der Waals surface area contributed by atoms with Gasteiger partial charge in [-0.2, -0.15) is 0 Å². The molecule has 0 N–H and O–H groups in total. The summed E-state index contributed by atoms with van der Waals surface area (Å²) in [6, 6.07) is 10.8. The van der Waals surface area contributed by atoms with Crippen LogP contribution in [0.3, 0.4) is 0 Å². The molecule has 0 unspecified atom stereocenters. The summed E-state index contributed by atoms with van der Waals surface area (Å²) in [5, 5.41) is 2.80. The predicted octanol–water partition coefficient (Wildman–Crippen LogP) is 3.11. The molecule has 0 amide bonds. The van der Waals surface area contributed by atoms with Gasteiger partial charge in [0.1, 0.15) is 0 Å². The molecule has 0 spiro atoms. The van der Waals surface area contributed by atoms with Crippen molar-refractivity contribution in [1.82, 2.24) is 0 Å². The van der Waals surface area contributed by atoms with E-state index < -0.39 is 0 Å². The van der Waals surface area contributed by atoms with Crippen molar-refractivity contribution in [3.8, 4) is 0 Å². The van der Waals surface area contributed by atoms with Crippen molar-refractivity contribution >= 4 is 15.2 Å². The molecular weight excluding hydrogens is 159 g/mol. The maximum absolute atomic E-state index is 2.27. The molecule has 0 aliphatic rings. The molecule has 0 atom stereocenters. The van der Waals surface area contributed by atoms with Gasteiger partial charge >= 0.3 is 81.4 Å². The summed E-state index contributed by atoms with van der Waals surface area (Å²) in [4.78, 5) is 0. The second-order valence-corrected chi connectivity index (χ2v) is 4.68. The molecular formula is C11H16Al+. The first-order chi connectivity index (χ1) is 5.93. The van der Waals surface area contributed by atoms with E-state index in [-0.39, 0.29) is 0 Å². The fourth-order valence-electron chi connectivity index (χ4n) is 1.23. The first-order valence-electron chi connectivity index (χ1n) is 4.79. The Morgan fingerprint density at radius 2 is 1.92 bits per heavy atom. The molecule has 0 aliphatic carbocycles. The molecule has 0 radical (unpaired) electrons. The van der Waals surface area contributed by atoms with E-state index in [1.807, 2.05) is 0 Å². The van der Waals surface area contributed by atoms with E-state index >= 15 is 0 Å². The van der Waals surface area contributed by atoms with Crippen LogP contribution in [0.4, 0.5) is 0 Å². The van der Waals surface area contributed by atoms with Gasteiger partial charge in [-0.15, -0.1) is 0 Å². The SMILES string of the molecule is CCC[CH2][Al+][CH2]c1ccccc1. The Kier molecular flexibility index (Phi) is 5.16. The zero-order chi connectivity index (χ0) is 8.65. The van der Waals surface area contributed by atoms with Gasteiger partial charge in [0, 0.05) is 0 Å². The molecule has 0 heterocycles. The van der Waals surface area contributed by atoms with E-state index in [4.69, 9.17) is 0 Å². The van der Waals surface area contributed by atoms with Crippen molar-refractivity contribution < 1.29 is 0 Å².